The minimum Gasteiger partial charge on any atom is -0.378 e. The summed E-state index contributed by atoms with van der Waals surface area (Å²) in [6.45, 7) is 2.43. The zero-order chi connectivity index (χ0) is 21.8. The summed E-state index contributed by atoms with van der Waals surface area (Å²) in [4.78, 5) is 29.7. The number of carbonyl (C=O) groups excluding carboxylic acids is 1. The van der Waals surface area contributed by atoms with Gasteiger partial charge in [-0.3, -0.25) is 4.79 Å². The third-order valence-electron chi connectivity index (χ3n) is 5.10. The van der Waals surface area contributed by atoms with E-state index < -0.39 is 0 Å². The van der Waals surface area contributed by atoms with E-state index >= 15 is 0 Å². The van der Waals surface area contributed by atoms with Crippen molar-refractivity contribution >= 4 is 11.6 Å². The molecule has 1 atom stereocenters. The molecule has 0 bridgehead atoms. The maximum Gasteiger partial charge on any atom is 0.251 e. The van der Waals surface area contributed by atoms with Crippen molar-refractivity contribution in [2.75, 3.05) is 5.32 Å². The molecule has 1 unspecified atom stereocenters. The summed E-state index contributed by atoms with van der Waals surface area (Å²) in [6, 6.07) is 9.05. The maximum atomic E-state index is 12.7. The first-order valence-electron chi connectivity index (χ1n) is 9.92. The summed E-state index contributed by atoms with van der Waals surface area (Å²) in [5.74, 6) is 1.51. The number of hydrogen-bond acceptors (Lipinski definition) is 6. The van der Waals surface area contributed by atoms with Crippen LogP contribution < -0.4 is 10.6 Å². The van der Waals surface area contributed by atoms with Gasteiger partial charge in [-0.2, -0.15) is 0 Å². The number of carbonyl (C=O) groups is 1. The van der Waals surface area contributed by atoms with Crippen molar-refractivity contribution in [2.24, 2.45) is 14.1 Å². The first-order valence-corrected chi connectivity index (χ1v) is 9.92. The fourth-order valence-electron chi connectivity index (χ4n) is 3.38. The molecule has 3 aromatic heterocycles. The number of amides is 1. The van der Waals surface area contributed by atoms with Gasteiger partial charge in [0.25, 0.3) is 5.91 Å². The summed E-state index contributed by atoms with van der Waals surface area (Å²) in [6.07, 6.45) is 8.60. The Kier molecular flexibility index (Phi) is 5.74. The number of nitrogens with one attached hydrogen (secondary N) is 2. The molecule has 0 saturated heterocycles. The Morgan fingerprint density at radius 2 is 2.00 bits per heavy atom. The van der Waals surface area contributed by atoms with Gasteiger partial charge in [0.1, 0.15) is 18.0 Å². The third kappa shape index (κ3) is 4.45. The van der Waals surface area contributed by atoms with E-state index in [0.29, 0.717) is 12.1 Å². The molecule has 31 heavy (non-hydrogen) atoms. The van der Waals surface area contributed by atoms with E-state index in [1.165, 1.54) is 6.33 Å². The van der Waals surface area contributed by atoms with Crippen molar-refractivity contribution in [1.82, 2.24) is 34.4 Å². The first kappa shape index (κ1) is 20.3. The van der Waals surface area contributed by atoms with Crippen molar-refractivity contribution in [3.63, 3.8) is 0 Å². The molecule has 4 aromatic rings. The Bertz CT molecular complexity index is 1180. The summed E-state index contributed by atoms with van der Waals surface area (Å²) < 4.78 is 3.88. The zero-order valence-electron chi connectivity index (χ0n) is 17.6. The molecule has 0 aliphatic heterocycles. The fraction of sp³-hybridized carbons (Fsp3) is 0.227. The second kappa shape index (κ2) is 8.78. The highest BCUT2D eigenvalue weighted by Gasteiger charge is 2.15. The lowest BCUT2D eigenvalue weighted by Gasteiger charge is -2.14. The normalized spacial score (nSPS) is 11.8. The van der Waals surface area contributed by atoms with E-state index in [1.807, 2.05) is 60.6 Å². The first-order chi connectivity index (χ1) is 15.0. The quantitative estimate of drug-likeness (QED) is 0.480. The van der Waals surface area contributed by atoms with Crippen LogP contribution in [0.5, 0.6) is 0 Å². The molecule has 9 heteroatoms. The van der Waals surface area contributed by atoms with Crippen LogP contribution in [0.4, 0.5) is 5.69 Å². The number of nitrogens with zero attached hydrogens (tertiary/aromatic N) is 6. The SMILES string of the molecule is CC(NC(=O)c1cccc(NCc2ncc(-c3ccncn3)n2C)c1)c1nccn1C. The molecule has 0 aliphatic rings. The molecule has 1 aromatic carbocycles. The molecule has 0 fully saturated rings. The standard InChI is InChI=1S/C22H24N8O/c1-15(21-24-9-10-29(21)2)28-22(31)16-5-4-6-17(11-16)25-13-20-26-12-19(30(20)3)18-7-8-23-14-27-18/h4-12,14-15,25H,13H2,1-3H3,(H,28,31). The fourth-order valence-corrected chi connectivity index (χ4v) is 3.38. The Balaban J connectivity index is 1.42. The second-order valence-electron chi connectivity index (χ2n) is 7.24. The monoisotopic (exact) mass is 416 g/mol. The van der Waals surface area contributed by atoms with E-state index in [2.05, 4.69) is 30.6 Å². The molecular formula is C22H24N8O. The van der Waals surface area contributed by atoms with Crippen molar-refractivity contribution in [2.45, 2.75) is 19.5 Å². The van der Waals surface area contributed by atoms with E-state index in [9.17, 15) is 4.79 Å². The summed E-state index contributed by atoms with van der Waals surface area (Å²) in [5, 5.41) is 6.33. The van der Waals surface area contributed by atoms with Crippen LogP contribution in [0, 0.1) is 0 Å². The van der Waals surface area contributed by atoms with E-state index in [0.717, 1.165) is 28.7 Å². The Morgan fingerprint density at radius 3 is 2.74 bits per heavy atom. The number of benzene rings is 1. The topological polar surface area (TPSA) is 103 Å². The minimum atomic E-state index is -0.197. The highest BCUT2D eigenvalue weighted by Crippen LogP contribution is 2.18. The molecule has 0 aliphatic carbocycles. The van der Waals surface area contributed by atoms with Gasteiger partial charge in [0.2, 0.25) is 0 Å². The van der Waals surface area contributed by atoms with Crippen molar-refractivity contribution in [1.29, 1.82) is 0 Å². The van der Waals surface area contributed by atoms with Crippen molar-refractivity contribution in [3.05, 3.63) is 78.7 Å². The van der Waals surface area contributed by atoms with E-state index in [1.54, 1.807) is 24.7 Å². The van der Waals surface area contributed by atoms with Crippen LogP contribution in [0.3, 0.4) is 0 Å². The zero-order valence-corrected chi connectivity index (χ0v) is 17.6. The lowest BCUT2D eigenvalue weighted by molar-refractivity contribution is 0.0938. The molecule has 1 amide bonds. The van der Waals surface area contributed by atoms with Crippen molar-refractivity contribution in [3.8, 4) is 11.4 Å². The molecule has 0 spiro atoms. The minimum absolute atomic E-state index is 0.151. The number of aromatic nitrogens is 6. The molecule has 158 valence electrons. The van der Waals surface area contributed by atoms with Crippen LogP contribution in [0.2, 0.25) is 0 Å². The van der Waals surface area contributed by atoms with Crippen LogP contribution in [0.1, 0.15) is 35.0 Å². The van der Waals surface area contributed by atoms with Gasteiger partial charge in [0, 0.05) is 43.9 Å². The van der Waals surface area contributed by atoms with E-state index in [4.69, 9.17) is 0 Å². The Hall–Kier alpha value is -4.01. The van der Waals surface area contributed by atoms with Crippen LogP contribution >= 0.6 is 0 Å². The average molecular weight is 416 g/mol. The molecule has 0 radical (unpaired) electrons. The molecule has 9 nitrogen and oxygen atoms in total. The molecular weight excluding hydrogens is 392 g/mol. The molecule has 4 rings (SSSR count). The smallest absolute Gasteiger partial charge is 0.251 e. The molecule has 2 N–H and O–H groups in total. The summed E-state index contributed by atoms with van der Waals surface area (Å²) in [5.41, 5.74) is 3.14. The van der Waals surface area contributed by atoms with Gasteiger partial charge in [-0.1, -0.05) is 6.07 Å². The number of hydrogen-bond donors (Lipinski definition) is 2. The van der Waals surface area contributed by atoms with Gasteiger partial charge in [-0.05, 0) is 31.2 Å². The third-order valence-corrected chi connectivity index (χ3v) is 5.10. The summed E-state index contributed by atoms with van der Waals surface area (Å²) in [7, 11) is 3.85. The average Bonchev–Trinajstić information content (AvgIpc) is 3.38. The van der Waals surface area contributed by atoms with E-state index in [-0.39, 0.29) is 11.9 Å². The number of anilines is 1. The number of imidazole rings is 2. The van der Waals surface area contributed by atoms with Gasteiger partial charge in [0.15, 0.2) is 0 Å². The number of rotatable bonds is 7. The van der Waals surface area contributed by atoms with Crippen LogP contribution in [0.25, 0.3) is 11.4 Å². The Labute approximate surface area is 180 Å². The second-order valence-corrected chi connectivity index (χ2v) is 7.24. The van der Waals surface area contributed by atoms with Crippen LogP contribution in [-0.4, -0.2) is 35.0 Å². The lowest BCUT2D eigenvalue weighted by Crippen LogP contribution is -2.28. The van der Waals surface area contributed by atoms with Crippen LogP contribution in [0.15, 0.2) is 61.4 Å². The molecule has 3 heterocycles. The van der Waals surface area contributed by atoms with Gasteiger partial charge in [-0.25, -0.2) is 19.9 Å². The molecule has 0 saturated carbocycles. The Morgan fingerprint density at radius 1 is 1.13 bits per heavy atom. The predicted octanol–water partition coefficient (Wildman–Crippen LogP) is 2.71. The maximum absolute atomic E-state index is 12.7. The number of aryl methyl sites for hydroxylation is 1. The largest absolute Gasteiger partial charge is 0.378 e. The van der Waals surface area contributed by atoms with Gasteiger partial charge in [0.05, 0.1) is 30.2 Å². The highest BCUT2D eigenvalue weighted by atomic mass is 16.1. The summed E-state index contributed by atoms with van der Waals surface area (Å²) >= 11 is 0. The highest BCUT2D eigenvalue weighted by molar-refractivity contribution is 5.95. The van der Waals surface area contributed by atoms with Gasteiger partial charge >= 0.3 is 0 Å². The van der Waals surface area contributed by atoms with Gasteiger partial charge in [-0.15, -0.1) is 0 Å². The van der Waals surface area contributed by atoms with Gasteiger partial charge < -0.3 is 19.8 Å². The lowest BCUT2D eigenvalue weighted by atomic mass is 10.1. The predicted molar refractivity (Wildman–Crippen MR) is 117 cm³/mol. The van der Waals surface area contributed by atoms with Crippen molar-refractivity contribution < 1.29 is 4.79 Å². The van der Waals surface area contributed by atoms with Crippen LogP contribution in [-0.2, 0) is 20.6 Å².